The number of rotatable bonds is 2. The van der Waals surface area contributed by atoms with Crippen LogP contribution < -0.4 is 4.90 Å². The maximum Gasteiger partial charge on any atom is 0.296 e. The van der Waals surface area contributed by atoms with Gasteiger partial charge >= 0.3 is 0 Å². The lowest BCUT2D eigenvalue weighted by Gasteiger charge is -2.36. The van der Waals surface area contributed by atoms with Crippen LogP contribution in [0.15, 0.2) is 23.2 Å². The van der Waals surface area contributed by atoms with Crippen molar-refractivity contribution in [2.45, 2.75) is 31.0 Å². The van der Waals surface area contributed by atoms with Crippen molar-refractivity contribution in [2.75, 3.05) is 18.0 Å². The molecule has 7 heteroatoms. The Kier molecular flexibility index (Phi) is 3.56. The highest BCUT2D eigenvalue weighted by atomic mass is 32.2. The molecule has 1 aromatic heterocycles. The number of morpholine rings is 1. The van der Waals surface area contributed by atoms with Crippen molar-refractivity contribution in [3.63, 3.8) is 0 Å². The predicted molar refractivity (Wildman–Crippen MR) is 66.3 cm³/mol. The first-order valence-electron chi connectivity index (χ1n) is 5.70. The van der Waals surface area contributed by atoms with Crippen molar-refractivity contribution in [1.29, 1.82) is 0 Å². The Hall–Kier alpha value is -1.18. The minimum atomic E-state index is -4.18. The van der Waals surface area contributed by atoms with Crippen LogP contribution in [0.1, 0.15) is 13.8 Å². The van der Waals surface area contributed by atoms with Gasteiger partial charge in [0.2, 0.25) is 0 Å². The minimum absolute atomic E-state index is 0.108. The van der Waals surface area contributed by atoms with Crippen molar-refractivity contribution in [1.82, 2.24) is 4.98 Å². The third-order valence-electron chi connectivity index (χ3n) is 2.76. The number of pyridine rings is 1. The van der Waals surface area contributed by atoms with Gasteiger partial charge in [0, 0.05) is 13.1 Å². The van der Waals surface area contributed by atoms with Crippen LogP contribution in [0.2, 0.25) is 0 Å². The quantitative estimate of drug-likeness (QED) is 0.807. The highest BCUT2D eigenvalue weighted by Crippen LogP contribution is 2.19. The maximum atomic E-state index is 10.9. The molecule has 1 aromatic rings. The molecule has 0 bridgehead atoms. The normalized spacial score (nSPS) is 25.2. The van der Waals surface area contributed by atoms with E-state index in [0.29, 0.717) is 18.9 Å². The van der Waals surface area contributed by atoms with E-state index in [0.717, 1.165) is 6.20 Å². The van der Waals surface area contributed by atoms with Crippen molar-refractivity contribution >= 4 is 15.9 Å². The van der Waals surface area contributed by atoms with Crippen molar-refractivity contribution in [3.05, 3.63) is 18.3 Å². The first-order chi connectivity index (χ1) is 8.36. The number of hydrogen-bond acceptors (Lipinski definition) is 5. The summed E-state index contributed by atoms with van der Waals surface area (Å²) >= 11 is 0. The summed E-state index contributed by atoms with van der Waals surface area (Å²) in [5.41, 5.74) is 0. The third-order valence-corrected chi connectivity index (χ3v) is 3.60. The van der Waals surface area contributed by atoms with Gasteiger partial charge in [-0.15, -0.1) is 0 Å². The monoisotopic (exact) mass is 272 g/mol. The molecule has 6 nitrogen and oxygen atoms in total. The zero-order chi connectivity index (χ0) is 13.3. The van der Waals surface area contributed by atoms with Gasteiger partial charge < -0.3 is 9.64 Å². The topological polar surface area (TPSA) is 79.7 Å². The second-order valence-electron chi connectivity index (χ2n) is 4.49. The van der Waals surface area contributed by atoms with Crippen molar-refractivity contribution < 1.29 is 17.7 Å². The Bertz CT molecular complexity index is 504. The summed E-state index contributed by atoms with van der Waals surface area (Å²) in [6.45, 7) is 5.38. The number of nitrogens with zero attached hydrogens (tertiary/aromatic N) is 2. The molecule has 2 heterocycles. The SMILES string of the molecule is C[C@@H]1CN(c2ccc(S(=O)(=O)O)cn2)C[C@H](C)O1. The summed E-state index contributed by atoms with van der Waals surface area (Å²) in [5.74, 6) is 0.685. The van der Waals surface area contributed by atoms with Gasteiger partial charge in [-0.1, -0.05) is 0 Å². The van der Waals surface area contributed by atoms with Gasteiger partial charge in [0.15, 0.2) is 0 Å². The van der Waals surface area contributed by atoms with Gasteiger partial charge in [-0.2, -0.15) is 8.42 Å². The van der Waals surface area contributed by atoms with Crippen LogP contribution in [0.25, 0.3) is 0 Å². The molecule has 100 valence electrons. The molecule has 1 N–H and O–H groups in total. The summed E-state index contributed by atoms with van der Waals surface area (Å²) in [4.78, 5) is 5.91. The maximum absolute atomic E-state index is 10.9. The number of anilines is 1. The zero-order valence-electron chi connectivity index (χ0n) is 10.3. The van der Waals surface area contributed by atoms with E-state index in [1.54, 1.807) is 6.07 Å². The van der Waals surface area contributed by atoms with E-state index in [1.165, 1.54) is 6.07 Å². The highest BCUT2D eigenvalue weighted by Gasteiger charge is 2.23. The summed E-state index contributed by atoms with van der Waals surface area (Å²) in [7, 11) is -4.18. The molecule has 2 rings (SSSR count). The Balaban J connectivity index is 2.19. The fraction of sp³-hybridized carbons (Fsp3) is 0.545. The molecule has 1 saturated heterocycles. The zero-order valence-corrected chi connectivity index (χ0v) is 11.1. The molecule has 0 amide bonds. The minimum Gasteiger partial charge on any atom is -0.372 e. The van der Waals surface area contributed by atoms with E-state index in [2.05, 4.69) is 4.98 Å². The largest absolute Gasteiger partial charge is 0.372 e. The fourth-order valence-corrected chi connectivity index (χ4v) is 2.50. The molecule has 2 atom stereocenters. The molecule has 18 heavy (non-hydrogen) atoms. The van der Waals surface area contributed by atoms with Crippen molar-refractivity contribution in [3.8, 4) is 0 Å². The van der Waals surface area contributed by atoms with E-state index >= 15 is 0 Å². The van der Waals surface area contributed by atoms with Crippen LogP contribution in [0, 0.1) is 0 Å². The first-order valence-corrected chi connectivity index (χ1v) is 7.14. The second-order valence-corrected chi connectivity index (χ2v) is 5.91. The predicted octanol–water partition coefficient (Wildman–Crippen LogP) is 0.942. The fourth-order valence-electron chi connectivity index (χ4n) is 2.08. The lowest BCUT2D eigenvalue weighted by molar-refractivity contribution is -0.00546. The van der Waals surface area contributed by atoms with Crippen LogP contribution in [-0.2, 0) is 14.9 Å². The molecule has 1 aliphatic rings. The van der Waals surface area contributed by atoms with Crippen LogP contribution in [0.3, 0.4) is 0 Å². The Morgan fingerprint density at radius 3 is 2.39 bits per heavy atom. The van der Waals surface area contributed by atoms with Crippen LogP contribution in [0.5, 0.6) is 0 Å². The van der Waals surface area contributed by atoms with Crippen LogP contribution >= 0.6 is 0 Å². The van der Waals surface area contributed by atoms with Gasteiger partial charge in [-0.05, 0) is 26.0 Å². The summed E-state index contributed by atoms with van der Waals surface area (Å²) in [5, 5.41) is 0. The van der Waals surface area contributed by atoms with E-state index < -0.39 is 10.1 Å². The molecule has 0 radical (unpaired) electrons. The average molecular weight is 272 g/mol. The summed E-state index contributed by atoms with van der Waals surface area (Å²) in [6, 6.07) is 2.94. The van der Waals surface area contributed by atoms with Gasteiger partial charge in [-0.3, -0.25) is 4.55 Å². The molecule has 0 aromatic carbocycles. The van der Waals surface area contributed by atoms with E-state index in [9.17, 15) is 8.42 Å². The standard InChI is InChI=1S/C11H16N2O4S/c1-8-6-13(7-9(2)17-8)11-4-3-10(5-12-11)18(14,15)16/h3-5,8-9H,6-7H2,1-2H3,(H,14,15,16)/t8-,9+. The highest BCUT2D eigenvalue weighted by molar-refractivity contribution is 7.85. The van der Waals surface area contributed by atoms with Gasteiger partial charge in [-0.25, -0.2) is 4.98 Å². The number of ether oxygens (including phenoxy) is 1. The first kappa shape index (κ1) is 13.3. The molecule has 0 spiro atoms. The van der Waals surface area contributed by atoms with Crippen LogP contribution in [-0.4, -0.2) is 43.3 Å². The van der Waals surface area contributed by atoms with Gasteiger partial charge in [0.25, 0.3) is 10.1 Å². The van der Waals surface area contributed by atoms with Crippen molar-refractivity contribution in [2.24, 2.45) is 0 Å². The second kappa shape index (κ2) is 4.83. The molecular formula is C11H16N2O4S. The van der Waals surface area contributed by atoms with E-state index in [-0.39, 0.29) is 17.1 Å². The van der Waals surface area contributed by atoms with Gasteiger partial charge in [0.05, 0.1) is 18.4 Å². The lowest BCUT2D eigenvalue weighted by atomic mass is 10.2. The molecular weight excluding hydrogens is 256 g/mol. The smallest absolute Gasteiger partial charge is 0.296 e. The van der Waals surface area contributed by atoms with Gasteiger partial charge in [0.1, 0.15) is 10.7 Å². The Morgan fingerprint density at radius 2 is 1.94 bits per heavy atom. The molecule has 1 fully saturated rings. The Labute approximate surface area is 106 Å². The number of hydrogen-bond donors (Lipinski definition) is 1. The molecule has 0 unspecified atom stereocenters. The average Bonchev–Trinajstić information content (AvgIpc) is 2.27. The lowest BCUT2D eigenvalue weighted by Crippen LogP contribution is -2.45. The van der Waals surface area contributed by atoms with E-state index in [4.69, 9.17) is 9.29 Å². The summed E-state index contributed by atoms with van der Waals surface area (Å²) < 4.78 is 36.3. The summed E-state index contributed by atoms with van der Waals surface area (Å²) in [6.07, 6.45) is 1.38. The third kappa shape index (κ3) is 2.98. The number of aromatic nitrogens is 1. The van der Waals surface area contributed by atoms with Crippen LogP contribution in [0.4, 0.5) is 5.82 Å². The van der Waals surface area contributed by atoms with E-state index in [1.807, 2.05) is 18.7 Å². The Morgan fingerprint density at radius 1 is 1.33 bits per heavy atom. The molecule has 0 aliphatic carbocycles. The molecule has 1 aliphatic heterocycles. The molecule has 0 saturated carbocycles.